The molecule has 1 aromatic carbocycles. The molecular weight excluding hydrogens is 767 g/mol. The van der Waals surface area contributed by atoms with Gasteiger partial charge in [0.05, 0.1) is 24.9 Å². The van der Waals surface area contributed by atoms with Crippen LogP contribution < -0.4 is 9.80 Å². The topological polar surface area (TPSA) is 154 Å². The third-order valence-electron chi connectivity index (χ3n) is 10.8. The zero-order valence-corrected chi connectivity index (χ0v) is 35.2. The molecule has 5 rings (SSSR count). The Morgan fingerprint density at radius 3 is 2.42 bits per heavy atom. The first kappa shape index (κ1) is 43.9. The quantitative estimate of drug-likeness (QED) is 0.0510. The number of imide groups is 1. The number of quaternary nitrogens is 1. The van der Waals surface area contributed by atoms with E-state index in [1.807, 2.05) is 66.9 Å². The van der Waals surface area contributed by atoms with Crippen LogP contribution in [0.2, 0.25) is 0 Å². The number of hydroxylamine groups is 4. The van der Waals surface area contributed by atoms with Gasteiger partial charge in [-0.15, -0.1) is 5.06 Å². The molecule has 3 amide bonds. The minimum absolute atomic E-state index is 0.0667. The summed E-state index contributed by atoms with van der Waals surface area (Å²) in [6.45, 7) is 10.0. The van der Waals surface area contributed by atoms with E-state index in [-0.39, 0.29) is 36.8 Å². The lowest BCUT2D eigenvalue weighted by Gasteiger charge is -2.30. The first-order valence-electron chi connectivity index (χ1n) is 19.2. The van der Waals surface area contributed by atoms with Gasteiger partial charge in [0.25, 0.3) is 17.7 Å². The molecule has 4 aliphatic heterocycles. The van der Waals surface area contributed by atoms with Crippen molar-refractivity contribution in [1.29, 1.82) is 0 Å². The number of carbonyl (C=O) groups excluding carboxylic acids is 4. The van der Waals surface area contributed by atoms with Crippen LogP contribution in [0, 0.1) is 5.41 Å². The number of nitrogens with one attached hydrogen (secondary N) is 1. The molecular formula is C42H54N5O8S2+. The fourth-order valence-corrected chi connectivity index (χ4v) is 8.11. The number of carbonyl (C=O) groups is 4. The molecule has 2 unspecified atom stereocenters. The maximum absolute atomic E-state index is 13.1. The highest BCUT2D eigenvalue weighted by Gasteiger charge is 2.46. The summed E-state index contributed by atoms with van der Waals surface area (Å²) in [4.78, 5) is 68.3. The first-order chi connectivity index (χ1) is 27.2. The third-order valence-corrected chi connectivity index (χ3v) is 11.8. The lowest BCUT2D eigenvalue weighted by Crippen LogP contribution is -3.12. The van der Waals surface area contributed by atoms with Gasteiger partial charge in [-0.3, -0.25) is 24.1 Å². The van der Waals surface area contributed by atoms with Crippen molar-refractivity contribution in [2.75, 3.05) is 37.9 Å². The van der Waals surface area contributed by atoms with E-state index in [1.165, 1.54) is 12.2 Å². The van der Waals surface area contributed by atoms with Crippen molar-refractivity contribution >= 4 is 59.2 Å². The van der Waals surface area contributed by atoms with Crippen LogP contribution in [0.5, 0.6) is 0 Å². The molecule has 1 aromatic rings. The number of hydrogen-bond acceptors (Lipinski definition) is 12. The summed E-state index contributed by atoms with van der Waals surface area (Å²) >= 11 is 1.54. The van der Waals surface area contributed by atoms with Crippen LogP contribution in [0.4, 0.5) is 5.69 Å². The van der Waals surface area contributed by atoms with Crippen LogP contribution in [0.25, 0.3) is 0 Å². The van der Waals surface area contributed by atoms with Crippen molar-refractivity contribution in [2.45, 2.75) is 89.1 Å². The Bertz CT molecular complexity index is 1920. The predicted molar refractivity (Wildman–Crippen MR) is 223 cm³/mol. The van der Waals surface area contributed by atoms with Crippen LogP contribution >= 0.6 is 24.1 Å². The maximum Gasteiger partial charge on any atom is 0.333 e. The number of nitrogens with zero attached hydrogens (tertiary/aromatic N) is 4. The number of unbranched alkanes of at least 4 members (excludes halogenated alkanes) is 2. The van der Waals surface area contributed by atoms with Crippen LogP contribution in [0.15, 0.2) is 99.7 Å². The zero-order valence-electron chi connectivity index (χ0n) is 33.5. The molecule has 1 saturated heterocycles. The summed E-state index contributed by atoms with van der Waals surface area (Å²) in [7, 11) is 3.06. The van der Waals surface area contributed by atoms with Crippen molar-refractivity contribution in [2.24, 2.45) is 10.4 Å². The number of amides is 3. The second kappa shape index (κ2) is 19.5. The Morgan fingerprint density at radius 1 is 1.00 bits per heavy atom. The number of likely N-dealkylation sites (N-methyl/N-ethyl adjacent to an activating group) is 1. The number of anilines is 1. The second-order valence-electron chi connectivity index (χ2n) is 15.3. The highest BCUT2D eigenvalue weighted by molar-refractivity contribution is 7.94. The highest BCUT2D eigenvalue weighted by atomic mass is 32.2. The summed E-state index contributed by atoms with van der Waals surface area (Å²) in [5.41, 5.74) is 5.08. The number of benzene rings is 1. The number of rotatable bonds is 18. The second-order valence-corrected chi connectivity index (χ2v) is 16.6. The van der Waals surface area contributed by atoms with Crippen molar-refractivity contribution in [3.63, 3.8) is 0 Å². The fraction of sp³-hybridized carbons (Fsp3) is 0.452. The van der Waals surface area contributed by atoms with Crippen LogP contribution in [0.1, 0.15) is 78.2 Å². The Hall–Kier alpha value is -4.25. The maximum atomic E-state index is 13.1. The van der Waals surface area contributed by atoms with Gasteiger partial charge >= 0.3 is 5.97 Å². The average molecular weight is 821 g/mol. The number of hydrogen-bond donors (Lipinski definition) is 3. The summed E-state index contributed by atoms with van der Waals surface area (Å²) < 4.78 is 19.1. The molecule has 0 saturated carbocycles. The van der Waals surface area contributed by atoms with Gasteiger partial charge in [-0.05, 0) is 66.9 Å². The summed E-state index contributed by atoms with van der Waals surface area (Å²) in [6.07, 6.45) is 20.8. The van der Waals surface area contributed by atoms with Crippen LogP contribution in [-0.2, 0) is 34.3 Å². The van der Waals surface area contributed by atoms with Gasteiger partial charge in [-0.2, -0.15) is 0 Å². The van der Waals surface area contributed by atoms with E-state index in [1.54, 1.807) is 7.05 Å². The van der Waals surface area contributed by atoms with Gasteiger partial charge in [0.15, 0.2) is 0 Å². The molecule has 57 heavy (non-hydrogen) atoms. The van der Waals surface area contributed by atoms with Gasteiger partial charge in [-0.25, -0.2) is 14.9 Å². The monoisotopic (exact) mass is 820 g/mol. The average Bonchev–Trinajstić information content (AvgIpc) is 3.73. The minimum atomic E-state index is -0.586. The smallest absolute Gasteiger partial charge is 0.333 e. The molecule has 3 N–H and O–H groups in total. The van der Waals surface area contributed by atoms with Crippen molar-refractivity contribution in [3.05, 3.63) is 95.4 Å². The van der Waals surface area contributed by atoms with E-state index in [9.17, 15) is 28.3 Å². The van der Waals surface area contributed by atoms with E-state index in [2.05, 4.69) is 38.7 Å². The van der Waals surface area contributed by atoms with Gasteiger partial charge in [0, 0.05) is 89.8 Å². The largest absolute Gasteiger partial charge is 0.344 e. The fourth-order valence-electron chi connectivity index (χ4n) is 7.54. The number of fused-ring (bicyclic) bond motifs is 2. The van der Waals surface area contributed by atoms with Crippen LogP contribution in [0.3, 0.4) is 0 Å². The predicted octanol–water partition coefficient (Wildman–Crippen LogP) is 6.20. The Morgan fingerprint density at radius 2 is 1.72 bits per heavy atom. The van der Waals surface area contributed by atoms with Gasteiger partial charge in [-0.1, -0.05) is 64.5 Å². The molecule has 0 bridgehead atoms. The Labute approximate surface area is 343 Å². The van der Waals surface area contributed by atoms with Gasteiger partial charge in [0.1, 0.15) is 6.20 Å². The molecule has 0 spiro atoms. The van der Waals surface area contributed by atoms with Crippen molar-refractivity contribution in [3.8, 4) is 0 Å². The molecule has 15 heteroatoms. The molecule has 1 fully saturated rings. The van der Waals surface area contributed by atoms with E-state index in [0.717, 1.165) is 81.4 Å². The standard InChI is InChI=1S/C42H53N5O8S2/c1-41(2)32-26-29(40(51)44(5)54-6)28-45(23-15-25-56-52)39(32)43-34(41)16-11-8-7-9-12-17-35-42(3,4)31-27-30(57-53)19-20-33(31)46(35)24-14-10-13-18-38(50)55-47-36(48)21-22-37(47)49/h7-9,11-12,16-17,19-20,26-28,39,52-53H,10,13-15,18,21-25H2,1-6H3/p+1/b8-7+,12-9+,16-11+,35-17+. The molecule has 13 nitrogen and oxygen atoms in total. The van der Waals surface area contributed by atoms with Crippen LogP contribution in [-0.4, -0.2) is 87.8 Å². The summed E-state index contributed by atoms with van der Waals surface area (Å²) in [5.74, 6) is -1.18. The number of allylic oxidation sites excluding steroid dienone is 8. The molecule has 0 aliphatic carbocycles. The lowest BCUT2D eigenvalue weighted by atomic mass is 9.78. The van der Waals surface area contributed by atoms with E-state index < -0.39 is 23.2 Å². The lowest BCUT2D eigenvalue weighted by molar-refractivity contribution is -0.868. The first-order valence-corrected chi connectivity index (χ1v) is 20.9. The van der Waals surface area contributed by atoms with Gasteiger partial charge < -0.3 is 18.8 Å². The molecule has 0 radical (unpaired) electrons. The van der Waals surface area contributed by atoms with Gasteiger partial charge in [0.2, 0.25) is 6.17 Å². The normalized spacial score (nSPS) is 21.8. The minimum Gasteiger partial charge on any atom is -0.344 e. The molecule has 4 heterocycles. The van der Waals surface area contributed by atoms with Crippen molar-refractivity contribution < 1.29 is 42.9 Å². The highest BCUT2D eigenvalue weighted by Crippen LogP contribution is 2.49. The Balaban J connectivity index is 1.24. The summed E-state index contributed by atoms with van der Waals surface area (Å²) in [5, 5.41) is 1.81. The molecule has 306 valence electrons. The third kappa shape index (κ3) is 10.1. The SMILES string of the molecule is CON(C)C(=O)C1=C[NH+](CCCSO)C2N=C(/C=C/C=C/C=C/C=C3/N(CCCCCC(=O)ON4C(=O)CCC4=O)c4ccc(SO)cc4C3(C)C)C(C)(C)C2=C1. The summed E-state index contributed by atoms with van der Waals surface area (Å²) in [6, 6.07) is 5.97. The van der Waals surface area contributed by atoms with E-state index in [4.69, 9.17) is 14.7 Å². The van der Waals surface area contributed by atoms with Crippen molar-refractivity contribution in [1.82, 2.24) is 10.1 Å². The number of aliphatic imine (C=N–C) groups is 1. The zero-order chi connectivity index (χ0) is 41.3. The molecule has 2 atom stereocenters. The Kier molecular flexibility index (Phi) is 15.0. The molecule has 4 aliphatic rings. The van der Waals surface area contributed by atoms with E-state index in [0.29, 0.717) is 35.9 Å². The molecule has 0 aromatic heterocycles. The van der Waals surface area contributed by atoms with E-state index >= 15 is 0 Å².